The van der Waals surface area contributed by atoms with Gasteiger partial charge in [0.2, 0.25) is 0 Å². The van der Waals surface area contributed by atoms with Crippen LogP contribution in [-0.4, -0.2) is 22.5 Å². The SMILES string of the molecule is CC(=O)c1cc(C#N)cc(CNC(=O)OC(C)(C)C)n1. The van der Waals surface area contributed by atoms with Crippen LogP contribution >= 0.6 is 0 Å². The third kappa shape index (κ3) is 5.06. The zero-order chi connectivity index (χ0) is 15.3. The van der Waals surface area contributed by atoms with Crippen molar-refractivity contribution in [1.82, 2.24) is 10.3 Å². The number of ether oxygens (including phenoxy) is 1. The lowest BCUT2D eigenvalue weighted by atomic mass is 10.1. The van der Waals surface area contributed by atoms with Crippen LogP contribution < -0.4 is 5.32 Å². The Labute approximate surface area is 117 Å². The van der Waals surface area contributed by atoms with Crippen LogP contribution in [0.5, 0.6) is 0 Å². The van der Waals surface area contributed by atoms with E-state index in [9.17, 15) is 9.59 Å². The molecule has 1 rings (SSSR count). The summed E-state index contributed by atoms with van der Waals surface area (Å²) < 4.78 is 5.08. The molecule has 0 spiro atoms. The number of pyridine rings is 1. The molecule has 1 amide bonds. The molecule has 0 aromatic carbocycles. The van der Waals surface area contributed by atoms with E-state index in [4.69, 9.17) is 10.00 Å². The molecule has 0 saturated heterocycles. The summed E-state index contributed by atoms with van der Waals surface area (Å²) in [6.45, 7) is 6.73. The van der Waals surface area contributed by atoms with Gasteiger partial charge in [0.15, 0.2) is 5.78 Å². The fourth-order valence-corrected chi connectivity index (χ4v) is 1.40. The minimum atomic E-state index is -0.587. The van der Waals surface area contributed by atoms with E-state index in [1.165, 1.54) is 19.1 Å². The molecule has 1 N–H and O–H groups in total. The van der Waals surface area contributed by atoms with Gasteiger partial charge in [-0.2, -0.15) is 5.26 Å². The Kier molecular flexibility index (Phi) is 4.81. The maximum Gasteiger partial charge on any atom is 0.407 e. The van der Waals surface area contributed by atoms with Gasteiger partial charge >= 0.3 is 6.09 Å². The molecule has 6 nitrogen and oxygen atoms in total. The van der Waals surface area contributed by atoms with Crippen molar-refractivity contribution in [2.45, 2.75) is 39.8 Å². The molecule has 0 fully saturated rings. The number of ketones is 1. The third-order valence-corrected chi connectivity index (χ3v) is 2.18. The van der Waals surface area contributed by atoms with Crippen molar-refractivity contribution in [2.75, 3.05) is 0 Å². The van der Waals surface area contributed by atoms with E-state index in [-0.39, 0.29) is 18.0 Å². The van der Waals surface area contributed by atoms with Crippen molar-refractivity contribution in [3.8, 4) is 6.07 Å². The first-order valence-electron chi connectivity index (χ1n) is 6.10. The maximum atomic E-state index is 11.5. The second-order valence-corrected chi connectivity index (χ2v) is 5.26. The highest BCUT2D eigenvalue weighted by Gasteiger charge is 2.16. The first kappa shape index (κ1) is 15.6. The highest BCUT2D eigenvalue weighted by atomic mass is 16.6. The number of amides is 1. The number of hydrogen-bond acceptors (Lipinski definition) is 5. The number of carbonyl (C=O) groups excluding carboxylic acids is 2. The van der Waals surface area contributed by atoms with Gasteiger partial charge < -0.3 is 10.1 Å². The molecule has 106 valence electrons. The van der Waals surface area contributed by atoms with Gasteiger partial charge in [-0.1, -0.05) is 0 Å². The molecule has 0 atom stereocenters. The number of aromatic nitrogens is 1. The molecule has 0 aliphatic heterocycles. The molecule has 0 aliphatic rings. The molecule has 0 bridgehead atoms. The maximum absolute atomic E-state index is 11.5. The van der Waals surface area contributed by atoms with Crippen LogP contribution in [0.2, 0.25) is 0 Å². The summed E-state index contributed by atoms with van der Waals surface area (Å²) in [6, 6.07) is 4.89. The number of rotatable bonds is 3. The fourth-order valence-electron chi connectivity index (χ4n) is 1.40. The molecule has 0 aliphatic carbocycles. The third-order valence-electron chi connectivity index (χ3n) is 2.18. The predicted octanol–water partition coefficient (Wildman–Crippen LogP) is 2.18. The molecule has 0 saturated carbocycles. The standard InChI is InChI=1S/C14H17N3O3/c1-9(18)12-6-10(7-15)5-11(17-12)8-16-13(19)20-14(2,3)4/h5-6H,8H2,1-4H3,(H,16,19). The van der Waals surface area contributed by atoms with Crippen LogP contribution in [0.25, 0.3) is 0 Å². The van der Waals surface area contributed by atoms with Crippen LogP contribution in [0.1, 0.15) is 49.4 Å². The van der Waals surface area contributed by atoms with Gasteiger partial charge in [0.1, 0.15) is 11.3 Å². The molecule has 6 heteroatoms. The Morgan fingerprint density at radius 2 is 2.05 bits per heavy atom. The minimum Gasteiger partial charge on any atom is -0.444 e. The highest BCUT2D eigenvalue weighted by molar-refractivity contribution is 5.92. The Bertz CT molecular complexity index is 568. The summed E-state index contributed by atoms with van der Waals surface area (Å²) in [6.07, 6.45) is -0.578. The van der Waals surface area contributed by atoms with Gasteiger partial charge in [-0.15, -0.1) is 0 Å². The molecule has 20 heavy (non-hydrogen) atoms. The smallest absolute Gasteiger partial charge is 0.407 e. The number of Topliss-reactive ketones (excluding diaryl/α,β-unsaturated/α-hetero) is 1. The van der Waals surface area contributed by atoms with Crippen molar-refractivity contribution >= 4 is 11.9 Å². The summed E-state index contributed by atoms with van der Waals surface area (Å²) >= 11 is 0. The molecular weight excluding hydrogens is 258 g/mol. The topological polar surface area (TPSA) is 92.1 Å². The summed E-state index contributed by atoms with van der Waals surface area (Å²) in [7, 11) is 0. The van der Waals surface area contributed by atoms with E-state index in [0.29, 0.717) is 11.3 Å². The summed E-state index contributed by atoms with van der Waals surface area (Å²) in [5.41, 5.74) is 0.368. The molecule has 0 unspecified atom stereocenters. The molecule has 1 aromatic rings. The van der Waals surface area contributed by atoms with Crippen LogP contribution in [0.3, 0.4) is 0 Å². The van der Waals surface area contributed by atoms with Crippen LogP contribution in [-0.2, 0) is 11.3 Å². The normalized spacial score (nSPS) is 10.6. The number of hydrogen-bond donors (Lipinski definition) is 1. The number of nitrogens with zero attached hydrogens (tertiary/aromatic N) is 2. The van der Waals surface area contributed by atoms with E-state index in [0.717, 1.165) is 0 Å². The Hall–Kier alpha value is -2.42. The van der Waals surface area contributed by atoms with Crippen molar-refractivity contribution in [3.63, 3.8) is 0 Å². The van der Waals surface area contributed by atoms with Crippen molar-refractivity contribution in [3.05, 3.63) is 29.1 Å². The van der Waals surface area contributed by atoms with E-state index < -0.39 is 11.7 Å². The van der Waals surface area contributed by atoms with Gasteiger partial charge in [0.25, 0.3) is 0 Å². The summed E-state index contributed by atoms with van der Waals surface area (Å²) in [5.74, 6) is -0.236. The number of nitriles is 1. The van der Waals surface area contributed by atoms with Crippen molar-refractivity contribution in [1.29, 1.82) is 5.26 Å². The number of nitrogens with one attached hydrogen (secondary N) is 1. The van der Waals surface area contributed by atoms with E-state index in [2.05, 4.69) is 10.3 Å². The lowest BCUT2D eigenvalue weighted by molar-refractivity contribution is 0.0523. The van der Waals surface area contributed by atoms with Crippen LogP contribution in [0, 0.1) is 11.3 Å². The van der Waals surface area contributed by atoms with Gasteiger partial charge in [0.05, 0.1) is 23.9 Å². The molecule has 1 heterocycles. The van der Waals surface area contributed by atoms with Crippen molar-refractivity contribution < 1.29 is 14.3 Å². The largest absolute Gasteiger partial charge is 0.444 e. The van der Waals surface area contributed by atoms with Crippen LogP contribution in [0.4, 0.5) is 4.79 Å². The Morgan fingerprint density at radius 1 is 1.40 bits per heavy atom. The molecule has 1 aromatic heterocycles. The highest BCUT2D eigenvalue weighted by Crippen LogP contribution is 2.08. The molecular formula is C14H17N3O3. The summed E-state index contributed by atoms with van der Waals surface area (Å²) in [5, 5.41) is 11.4. The van der Waals surface area contributed by atoms with Gasteiger partial charge in [0, 0.05) is 6.92 Å². The monoisotopic (exact) mass is 275 g/mol. The quantitative estimate of drug-likeness (QED) is 0.853. The van der Waals surface area contributed by atoms with Gasteiger partial charge in [-0.25, -0.2) is 9.78 Å². The van der Waals surface area contributed by atoms with Crippen molar-refractivity contribution in [2.24, 2.45) is 0 Å². The Morgan fingerprint density at radius 3 is 2.55 bits per heavy atom. The van der Waals surface area contributed by atoms with Gasteiger partial charge in [-0.05, 0) is 32.9 Å². The summed E-state index contributed by atoms with van der Waals surface area (Å²) in [4.78, 5) is 26.9. The fraction of sp³-hybridized carbons (Fsp3) is 0.429. The first-order chi connectivity index (χ1) is 9.21. The zero-order valence-corrected chi connectivity index (χ0v) is 12.0. The lowest BCUT2D eigenvalue weighted by Gasteiger charge is -2.19. The average Bonchev–Trinajstić information content (AvgIpc) is 2.33. The Balaban J connectivity index is 2.78. The lowest BCUT2D eigenvalue weighted by Crippen LogP contribution is -2.32. The first-order valence-corrected chi connectivity index (χ1v) is 6.10. The average molecular weight is 275 g/mol. The van der Waals surface area contributed by atoms with E-state index in [1.807, 2.05) is 6.07 Å². The van der Waals surface area contributed by atoms with E-state index >= 15 is 0 Å². The number of alkyl carbamates (subject to hydrolysis) is 1. The van der Waals surface area contributed by atoms with Gasteiger partial charge in [-0.3, -0.25) is 4.79 Å². The second-order valence-electron chi connectivity index (χ2n) is 5.26. The van der Waals surface area contributed by atoms with E-state index in [1.54, 1.807) is 20.8 Å². The predicted molar refractivity (Wildman–Crippen MR) is 72.0 cm³/mol. The zero-order valence-electron chi connectivity index (χ0n) is 12.0. The van der Waals surface area contributed by atoms with Crippen LogP contribution in [0.15, 0.2) is 12.1 Å². The molecule has 0 radical (unpaired) electrons. The number of carbonyl (C=O) groups is 2. The minimum absolute atomic E-state index is 0.0880. The second kappa shape index (κ2) is 6.15.